The Labute approximate surface area is 120 Å². The Hall–Kier alpha value is -0.940. The maximum atomic E-state index is 5.85. The van der Waals surface area contributed by atoms with Crippen LogP contribution in [0.4, 0.5) is 0 Å². The molecule has 0 radical (unpaired) electrons. The molecule has 0 amide bonds. The third-order valence-electron chi connectivity index (χ3n) is 4.99. The van der Waals surface area contributed by atoms with Crippen molar-refractivity contribution in [3.05, 3.63) is 11.7 Å². The van der Waals surface area contributed by atoms with Gasteiger partial charge in [0, 0.05) is 13.7 Å². The van der Waals surface area contributed by atoms with Crippen LogP contribution in [0.15, 0.2) is 4.52 Å². The van der Waals surface area contributed by atoms with Crippen molar-refractivity contribution < 1.29 is 9.26 Å². The molecule has 1 aliphatic heterocycles. The maximum Gasteiger partial charge on any atom is 0.231 e. The maximum absolute atomic E-state index is 5.85. The first-order valence-electron chi connectivity index (χ1n) is 7.85. The zero-order chi connectivity index (χ0) is 14.0. The van der Waals surface area contributed by atoms with E-state index in [9.17, 15) is 0 Å². The van der Waals surface area contributed by atoms with E-state index in [1.165, 1.54) is 25.7 Å². The SMILES string of the molecule is COC1(c2noc([C@@H]3CNC[C@H]3C)n2)CCCCCC1. The highest BCUT2D eigenvalue weighted by atomic mass is 16.5. The number of methoxy groups -OCH3 is 1. The van der Waals surface area contributed by atoms with Crippen LogP contribution in [0, 0.1) is 5.92 Å². The van der Waals surface area contributed by atoms with Gasteiger partial charge in [0.1, 0.15) is 5.60 Å². The van der Waals surface area contributed by atoms with Crippen molar-refractivity contribution in [3.63, 3.8) is 0 Å². The fourth-order valence-electron chi connectivity index (χ4n) is 3.53. The third kappa shape index (κ3) is 2.49. The summed E-state index contributed by atoms with van der Waals surface area (Å²) in [6, 6.07) is 0. The minimum Gasteiger partial charge on any atom is -0.370 e. The van der Waals surface area contributed by atoms with Crippen LogP contribution in [0.1, 0.15) is 63.1 Å². The zero-order valence-corrected chi connectivity index (χ0v) is 12.5. The highest BCUT2D eigenvalue weighted by Crippen LogP contribution is 2.38. The molecule has 0 bridgehead atoms. The van der Waals surface area contributed by atoms with Crippen molar-refractivity contribution in [2.45, 2.75) is 57.0 Å². The molecule has 2 fully saturated rings. The van der Waals surface area contributed by atoms with Crippen molar-refractivity contribution in [2.24, 2.45) is 5.92 Å². The predicted molar refractivity (Wildman–Crippen MR) is 75.5 cm³/mol. The van der Waals surface area contributed by atoms with Gasteiger partial charge in [0.15, 0.2) is 0 Å². The molecule has 5 nitrogen and oxygen atoms in total. The van der Waals surface area contributed by atoms with E-state index in [-0.39, 0.29) is 5.60 Å². The normalized spacial score (nSPS) is 30.3. The summed E-state index contributed by atoms with van der Waals surface area (Å²) in [5.41, 5.74) is -0.326. The Morgan fingerprint density at radius 2 is 1.95 bits per heavy atom. The molecular weight excluding hydrogens is 254 g/mol. The smallest absolute Gasteiger partial charge is 0.231 e. The molecule has 2 aliphatic rings. The van der Waals surface area contributed by atoms with E-state index in [0.29, 0.717) is 11.8 Å². The molecule has 1 saturated heterocycles. The van der Waals surface area contributed by atoms with Crippen LogP contribution in [0.5, 0.6) is 0 Å². The van der Waals surface area contributed by atoms with Gasteiger partial charge in [0.25, 0.3) is 0 Å². The molecule has 1 N–H and O–H groups in total. The van der Waals surface area contributed by atoms with Gasteiger partial charge in [0.05, 0.1) is 5.92 Å². The average molecular weight is 279 g/mol. The van der Waals surface area contributed by atoms with Crippen LogP contribution < -0.4 is 5.32 Å². The van der Waals surface area contributed by atoms with Crippen LogP contribution in [0.25, 0.3) is 0 Å². The highest BCUT2D eigenvalue weighted by Gasteiger charge is 2.39. The summed E-state index contributed by atoms with van der Waals surface area (Å²) in [4.78, 5) is 4.71. The van der Waals surface area contributed by atoms with Crippen molar-refractivity contribution in [2.75, 3.05) is 20.2 Å². The lowest BCUT2D eigenvalue weighted by atomic mass is 9.93. The van der Waals surface area contributed by atoms with E-state index in [4.69, 9.17) is 14.2 Å². The molecule has 0 aromatic carbocycles. The van der Waals surface area contributed by atoms with E-state index in [2.05, 4.69) is 17.4 Å². The van der Waals surface area contributed by atoms with E-state index in [1.54, 1.807) is 7.11 Å². The molecule has 20 heavy (non-hydrogen) atoms. The molecule has 3 rings (SSSR count). The zero-order valence-electron chi connectivity index (χ0n) is 12.5. The number of nitrogens with one attached hydrogen (secondary N) is 1. The van der Waals surface area contributed by atoms with Gasteiger partial charge in [-0.3, -0.25) is 0 Å². The van der Waals surface area contributed by atoms with E-state index >= 15 is 0 Å². The molecular formula is C15H25N3O2. The van der Waals surface area contributed by atoms with Gasteiger partial charge in [-0.15, -0.1) is 0 Å². The molecule has 1 aromatic heterocycles. The number of aromatic nitrogens is 2. The number of hydrogen-bond donors (Lipinski definition) is 1. The Bertz CT molecular complexity index is 438. The largest absolute Gasteiger partial charge is 0.370 e. The fraction of sp³-hybridized carbons (Fsp3) is 0.867. The third-order valence-corrected chi connectivity index (χ3v) is 4.99. The summed E-state index contributed by atoms with van der Waals surface area (Å²) in [6.07, 6.45) is 6.92. The first-order valence-corrected chi connectivity index (χ1v) is 7.85. The van der Waals surface area contributed by atoms with Crippen molar-refractivity contribution in [1.82, 2.24) is 15.5 Å². The molecule has 2 atom stereocenters. The predicted octanol–water partition coefficient (Wildman–Crippen LogP) is 2.59. The van der Waals surface area contributed by atoms with Crippen LogP contribution in [-0.4, -0.2) is 30.3 Å². The first-order chi connectivity index (χ1) is 9.75. The topological polar surface area (TPSA) is 60.2 Å². The monoisotopic (exact) mass is 279 g/mol. The second-order valence-electron chi connectivity index (χ2n) is 6.31. The fourth-order valence-corrected chi connectivity index (χ4v) is 3.53. The van der Waals surface area contributed by atoms with Gasteiger partial charge >= 0.3 is 0 Å². The number of rotatable bonds is 3. The van der Waals surface area contributed by atoms with Gasteiger partial charge in [-0.2, -0.15) is 4.98 Å². The molecule has 1 saturated carbocycles. The summed E-state index contributed by atoms with van der Waals surface area (Å²) in [7, 11) is 1.78. The van der Waals surface area contributed by atoms with Gasteiger partial charge in [0.2, 0.25) is 11.7 Å². The first kappa shape index (κ1) is 14.0. The molecule has 5 heteroatoms. The van der Waals surface area contributed by atoms with Gasteiger partial charge < -0.3 is 14.6 Å². The molecule has 112 valence electrons. The quantitative estimate of drug-likeness (QED) is 0.862. The number of nitrogens with zero attached hydrogens (tertiary/aromatic N) is 2. The lowest BCUT2D eigenvalue weighted by molar-refractivity contribution is -0.0365. The molecule has 1 aromatic rings. The molecule has 2 heterocycles. The molecule has 1 aliphatic carbocycles. The van der Waals surface area contributed by atoms with Crippen LogP contribution >= 0.6 is 0 Å². The van der Waals surface area contributed by atoms with Crippen LogP contribution in [0.2, 0.25) is 0 Å². The van der Waals surface area contributed by atoms with Crippen molar-refractivity contribution in [3.8, 4) is 0 Å². The number of ether oxygens (including phenoxy) is 1. The van der Waals surface area contributed by atoms with E-state index < -0.39 is 0 Å². The molecule has 0 spiro atoms. The summed E-state index contributed by atoms with van der Waals surface area (Å²) < 4.78 is 11.4. The van der Waals surface area contributed by atoms with Crippen LogP contribution in [0.3, 0.4) is 0 Å². The van der Waals surface area contributed by atoms with Crippen molar-refractivity contribution >= 4 is 0 Å². The lowest BCUT2D eigenvalue weighted by Gasteiger charge is -2.27. The average Bonchev–Trinajstić information content (AvgIpc) is 3.03. The van der Waals surface area contributed by atoms with Gasteiger partial charge in [-0.25, -0.2) is 0 Å². The lowest BCUT2D eigenvalue weighted by Crippen LogP contribution is -2.29. The summed E-state index contributed by atoms with van der Waals surface area (Å²) >= 11 is 0. The Kier molecular flexibility index (Phi) is 4.08. The van der Waals surface area contributed by atoms with Gasteiger partial charge in [-0.05, 0) is 25.3 Å². The Balaban J connectivity index is 1.83. The number of hydrogen-bond acceptors (Lipinski definition) is 5. The Morgan fingerprint density at radius 1 is 1.20 bits per heavy atom. The van der Waals surface area contributed by atoms with E-state index in [0.717, 1.165) is 37.6 Å². The minimum atomic E-state index is -0.326. The van der Waals surface area contributed by atoms with Crippen LogP contribution in [-0.2, 0) is 10.3 Å². The minimum absolute atomic E-state index is 0.326. The summed E-state index contributed by atoms with van der Waals surface area (Å²) in [5, 5.41) is 7.65. The highest BCUT2D eigenvalue weighted by molar-refractivity contribution is 5.07. The second kappa shape index (κ2) is 5.82. The molecule has 0 unspecified atom stereocenters. The van der Waals surface area contributed by atoms with Gasteiger partial charge in [-0.1, -0.05) is 37.8 Å². The van der Waals surface area contributed by atoms with E-state index in [1.807, 2.05) is 0 Å². The summed E-state index contributed by atoms with van der Waals surface area (Å²) in [5.74, 6) is 2.43. The standard InChI is InChI=1S/C15H25N3O2/c1-11-9-16-10-12(11)13-17-14(18-20-13)15(19-2)7-5-3-4-6-8-15/h11-12,16H,3-10H2,1-2H3/t11-,12-/m1/s1. The second-order valence-corrected chi connectivity index (χ2v) is 6.31. The van der Waals surface area contributed by atoms with Crippen molar-refractivity contribution in [1.29, 1.82) is 0 Å². The summed E-state index contributed by atoms with van der Waals surface area (Å²) in [6.45, 7) is 4.19. The Morgan fingerprint density at radius 3 is 2.55 bits per heavy atom.